The first-order valence-electron chi connectivity index (χ1n) is 8.19. The van der Waals surface area contributed by atoms with Crippen LogP contribution < -0.4 is 4.90 Å². The number of hydrogen-bond donors (Lipinski definition) is 0. The number of terminal acetylenes is 1. The fourth-order valence-electron chi connectivity index (χ4n) is 2.95. The van der Waals surface area contributed by atoms with Gasteiger partial charge in [-0.2, -0.15) is 13.8 Å². The SMILES string of the molecule is C#CC1(C(=O)N=S(C)(=O)c2cnn3c2CN(c2nc(C)ns2)CC3)CC1. The van der Waals surface area contributed by atoms with E-state index in [0.717, 1.165) is 23.2 Å². The molecule has 0 spiro atoms. The Morgan fingerprint density at radius 1 is 1.46 bits per heavy atom. The quantitative estimate of drug-likeness (QED) is 0.737. The molecule has 1 fully saturated rings. The largest absolute Gasteiger partial charge is 0.339 e. The number of aromatic nitrogens is 4. The lowest BCUT2D eigenvalue weighted by Crippen LogP contribution is -2.34. The molecule has 1 saturated carbocycles. The average Bonchev–Trinajstić information content (AvgIpc) is 3.10. The minimum Gasteiger partial charge on any atom is -0.339 e. The Labute approximate surface area is 156 Å². The topological polar surface area (TPSA) is 93.3 Å². The summed E-state index contributed by atoms with van der Waals surface area (Å²) in [6, 6.07) is 0. The molecule has 1 aliphatic heterocycles. The van der Waals surface area contributed by atoms with Gasteiger partial charge in [0, 0.05) is 24.3 Å². The number of aryl methyl sites for hydroxylation is 1. The number of carbonyl (C=O) groups is 1. The minimum atomic E-state index is -2.92. The molecule has 1 aliphatic carbocycles. The highest BCUT2D eigenvalue weighted by Crippen LogP contribution is 2.46. The van der Waals surface area contributed by atoms with Gasteiger partial charge in [-0.15, -0.1) is 6.42 Å². The first-order valence-corrected chi connectivity index (χ1v) is 10.9. The molecule has 3 heterocycles. The van der Waals surface area contributed by atoms with Crippen molar-refractivity contribution in [2.45, 2.75) is 37.8 Å². The second-order valence-corrected chi connectivity index (χ2v) is 9.61. The summed E-state index contributed by atoms with van der Waals surface area (Å²) in [5.74, 6) is 2.77. The van der Waals surface area contributed by atoms with E-state index >= 15 is 0 Å². The van der Waals surface area contributed by atoms with Crippen LogP contribution in [0.4, 0.5) is 5.13 Å². The Morgan fingerprint density at radius 2 is 2.23 bits per heavy atom. The molecule has 1 amide bonds. The predicted octanol–water partition coefficient (Wildman–Crippen LogP) is 1.46. The zero-order valence-corrected chi connectivity index (χ0v) is 16.1. The Balaban J connectivity index is 1.68. The monoisotopic (exact) mass is 390 g/mol. The highest BCUT2D eigenvalue weighted by Gasteiger charge is 2.49. The number of nitrogens with zero attached hydrogens (tertiary/aromatic N) is 6. The smallest absolute Gasteiger partial charge is 0.272 e. The molecule has 26 heavy (non-hydrogen) atoms. The summed E-state index contributed by atoms with van der Waals surface area (Å²) >= 11 is 1.34. The molecular weight excluding hydrogens is 372 g/mol. The third kappa shape index (κ3) is 2.81. The van der Waals surface area contributed by atoms with Crippen LogP contribution in [0.2, 0.25) is 0 Å². The van der Waals surface area contributed by atoms with E-state index in [2.05, 4.69) is 29.6 Å². The molecule has 10 heteroatoms. The van der Waals surface area contributed by atoms with E-state index in [1.165, 1.54) is 17.8 Å². The summed E-state index contributed by atoms with van der Waals surface area (Å²) in [6.45, 7) is 3.73. The van der Waals surface area contributed by atoms with Crippen molar-refractivity contribution in [3.8, 4) is 12.3 Å². The van der Waals surface area contributed by atoms with Crippen molar-refractivity contribution in [1.82, 2.24) is 19.1 Å². The van der Waals surface area contributed by atoms with Gasteiger partial charge < -0.3 is 4.90 Å². The van der Waals surface area contributed by atoms with Crippen LogP contribution in [0.5, 0.6) is 0 Å². The maximum atomic E-state index is 13.2. The Morgan fingerprint density at radius 3 is 2.85 bits per heavy atom. The van der Waals surface area contributed by atoms with E-state index in [-0.39, 0.29) is 0 Å². The van der Waals surface area contributed by atoms with Crippen molar-refractivity contribution in [3.05, 3.63) is 17.7 Å². The van der Waals surface area contributed by atoms with E-state index < -0.39 is 21.1 Å². The van der Waals surface area contributed by atoms with Gasteiger partial charge in [0.25, 0.3) is 5.91 Å². The van der Waals surface area contributed by atoms with Gasteiger partial charge in [-0.1, -0.05) is 5.92 Å². The summed E-state index contributed by atoms with van der Waals surface area (Å²) in [7, 11) is -2.92. The van der Waals surface area contributed by atoms with Crippen LogP contribution in [-0.4, -0.2) is 42.1 Å². The van der Waals surface area contributed by atoms with Gasteiger partial charge in [-0.25, -0.2) is 9.19 Å². The normalized spacial score (nSPS) is 20.0. The van der Waals surface area contributed by atoms with Gasteiger partial charge in [0.2, 0.25) is 5.13 Å². The molecule has 2 aliphatic rings. The van der Waals surface area contributed by atoms with Gasteiger partial charge in [0.15, 0.2) is 0 Å². The van der Waals surface area contributed by atoms with Crippen molar-refractivity contribution in [3.63, 3.8) is 0 Å². The van der Waals surface area contributed by atoms with Gasteiger partial charge in [-0.05, 0) is 19.8 Å². The second-order valence-electron chi connectivity index (χ2n) is 6.65. The second kappa shape index (κ2) is 5.89. The van der Waals surface area contributed by atoms with E-state index in [4.69, 9.17) is 6.42 Å². The summed E-state index contributed by atoms with van der Waals surface area (Å²) in [5.41, 5.74) is -0.0548. The fourth-order valence-corrected chi connectivity index (χ4v) is 5.09. The molecule has 136 valence electrons. The molecule has 0 N–H and O–H groups in total. The first kappa shape index (κ1) is 17.2. The molecular formula is C16H18N6O2S2. The summed E-state index contributed by atoms with van der Waals surface area (Å²) < 4.78 is 23.3. The van der Waals surface area contributed by atoms with Gasteiger partial charge in [0.05, 0.1) is 39.6 Å². The molecule has 0 bridgehead atoms. The van der Waals surface area contributed by atoms with E-state index in [1.54, 1.807) is 6.20 Å². The predicted molar refractivity (Wildman–Crippen MR) is 98.2 cm³/mol. The number of carbonyl (C=O) groups excluding carboxylic acids is 1. The third-order valence-electron chi connectivity index (χ3n) is 4.72. The minimum absolute atomic E-state index is 0.458. The Bertz CT molecular complexity index is 1050. The molecule has 0 aromatic carbocycles. The fraction of sp³-hybridized carbons (Fsp3) is 0.500. The molecule has 8 nitrogen and oxygen atoms in total. The number of fused-ring (bicyclic) bond motifs is 1. The Hall–Kier alpha value is -2.25. The maximum Gasteiger partial charge on any atom is 0.272 e. The lowest BCUT2D eigenvalue weighted by molar-refractivity contribution is -0.120. The van der Waals surface area contributed by atoms with Crippen molar-refractivity contribution < 1.29 is 9.00 Å². The summed E-state index contributed by atoms with van der Waals surface area (Å²) in [4.78, 5) is 19.4. The first-order chi connectivity index (χ1) is 12.3. The molecule has 1 unspecified atom stereocenters. The van der Waals surface area contributed by atoms with Crippen molar-refractivity contribution in [2.24, 2.45) is 9.78 Å². The van der Waals surface area contributed by atoms with Crippen LogP contribution >= 0.6 is 11.5 Å². The maximum absolute atomic E-state index is 13.2. The van der Waals surface area contributed by atoms with Crippen LogP contribution in [0.3, 0.4) is 0 Å². The Kier molecular flexibility index (Phi) is 3.89. The van der Waals surface area contributed by atoms with Crippen LogP contribution in [0.15, 0.2) is 15.5 Å². The molecule has 4 rings (SSSR count). The van der Waals surface area contributed by atoms with Gasteiger partial charge in [0.1, 0.15) is 11.2 Å². The molecule has 1 atom stereocenters. The number of rotatable bonds is 3. The zero-order valence-electron chi connectivity index (χ0n) is 14.5. The molecule has 0 saturated heterocycles. The highest BCUT2D eigenvalue weighted by molar-refractivity contribution is 7.93. The van der Waals surface area contributed by atoms with E-state index in [1.807, 2.05) is 11.6 Å². The molecule has 0 radical (unpaired) electrons. The van der Waals surface area contributed by atoms with Gasteiger partial charge >= 0.3 is 0 Å². The van der Waals surface area contributed by atoms with E-state index in [0.29, 0.717) is 30.8 Å². The molecule has 2 aromatic heterocycles. The van der Waals surface area contributed by atoms with Crippen LogP contribution in [0, 0.1) is 24.7 Å². The summed E-state index contributed by atoms with van der Waals surface area (Å²) in [6.07, 6.45) is 9.69. The number of anilines is 1. The van der Waals surface area contributed by atoms with Crippen LogP contribution in [0.1, 0.15) is 24.4 Å². The van der Waals surface area contributed by atoms with Crippen LogP contribution in [0.25, 0.3) is 0 Å². The molecule has 2 aromatic rings. The van der Waals surface area contributed by atoms with Crippen molar-refractivity contribution in [1.29, 1.82) is 0 Å². The lowest BCUT2D eigenvalue weighted by atomic mass is 10.1. The van der Waals surface area contributed by atoms with Crippen molar-refractivity contribution in [2.75, 3.05) is 17.7 Å². The number of hydrogen-bond acceptors (Lipinski definition) is 7. The zero-order chi connectivity index (χ0) is 18.5. The summed E-state index contributed by atoms with van der Waals surface area (Å²) in [5, 5.41) is 5.15. The average molecular weight is 390 g/mol. The lowest BCUT2D eigenvalue weighted by Gasteiger charge is -2.27. The van der Waals surface area contributed by atoms with Crippen LogP contribution in [-0.2, 0) is 27.6 Å². The standard InChI is InChI=1S/C16H18N6O2S2/c1-4-16(5-6-16)14(23)20-26(3,24)13-9-17-22-8-7-21(10-12(13)22)15-18-11(2)19-25-15/h1,9H,5-8,10H2,2-3H3. The number of amides is 1. The van der Waals surface area contributed by atoms with Gasteiger partial charge in [-0.3, -0.25) is 9.48 Å². The van der Waals surface area contributed by atoms with E-state index in [9.17, 15) is 9.00 Å². The highest BCUT2D eigenvalue weighted by atomic mass is 32.2. The third-order valence-corrected chi connectivity index (χ3v) is 7.26. The van der Waals surface area contributed by atoms with Crippen molar-refractivity contribution >= 4 is 32.3 Å².